The molecule has 0 aromatic heterocycles. The summed E-state index contributed by atoms with van der Waals surface area (Å²) in [7, 11) is 3.54. The molecule has 1 N–H and O–H groups in total. The summed E-state index contributed by atoms with van der Waals surface area (Å²) in [6.45, 7) is 6.61. The number of aliphatic imine (C=N–C) groups is 1. The minimum atomic E-state index is 0.0472. The average Bonchev–Trinajstić information content (AvgIpc) is 3.11. The number of nitrogens with one attached hydrogen (secondary N) is 1. The molecule has 2 rings (SSSR count). The van der Waals surface area contributed by atoms with E-state index in [0.29, 0.717) is 6.04 Å². The van der Waals surface area contributed by atoms with E-state index in [4.69, 9.17) is 0 Å². The molecule has 0 aromatic carbocycles. The van der Waals surface area contributed by atoms with Gasteiger partial charge in [0, 0.05) is 33.2 Å². The average molecular weight is 280 g/mol. The predicted octanol–water partition coefficient (Wildman–Crippen LogP) is 1.16. The quantitative estimate of drug-likeness (QED) is 0.621. The lowest BCUT2D eigenvalue weighted by molar-refractivity contribution is -0.127. The first-order valence-corrected chi connectivity index (χ1v) is 7.73. The Kier molecular flexibility index (Phi) is 4.89. The minimum Gasteiger partial charge on any atom is -0.354 e. The van der Waals surface area contributed by atoms with Crippen molar-refractivity contribution in [3.8, 4) is 0 Å². The Hall–Kier alpha value is -1.26. The second kappa shape index (κ2) is 6.46. The second-order valence-corrected chi connectivity index (χ2v) is 6.56. The van der Waals surface area contributed by atoms with Gasteiger partial charge in [-0.25, -0.2) is 4.99 Å². The lowest BCUT2D eigenvalue weighted by Gasteiger charge is -2.24. The largest absolute Gasteiger partial charge is 0.354 e. The lowest BCUT2D eigenvalue weighted by Crippen LogP contribution is -2.44. The number of amides is 1. The molecule has 2 aliphatic rings. The summed E-state index contributed by atoms with van der Waals surface area (Å²) in [5, 5.41) is 3.40. The van der Waals surface area contributed by atoms with Crippen LogP contribution in [-0.2, 0) is 4.79 Å². The van der Waals surface area contributed by atoms with Gasteiger partial charge in [0.05, 0.1) is 0 Å². The lowest BCUT2D eigenvalue weighted by atomic mass is 10.0. The molecular formula is C15H28N4O. The van der Waals surface area contributed by atoms with E-state index in [1.54, 1.807) is 19.0 Å². The van der Waals surface area contributed by atoms with Crippen molar-refractivity contribution < 1.29 is 4.79 Å². The van der Waals surface area contributed by atoms with Crippen LogP contribution >= 0.6 is 0 Å². The first-order chi connectivity index (χ1) is 9.47. The van der Waals surface area contributed by atoms with E-state index in [0.717, 1.165) is 30.9 Å². The van der Waals surface area contributed by atoms with Crippen molar-refractivity contribution in [2.45, 2.75) is 39.2 Å². The first-order valence-electron chi connectivity index (χ1n) is 7.73. The van der Waals surface area contributed by atoms with Crippen LogP contribution in [0.25, 0.3) is 0 Å². The van der Waals surface area contributed by atoms with E-state index in [1.165, 1.54) is 19.3 Å². The summed E-state index contributed by atoms with van der Waals surface area (Å²) in [5.74, 6) is 2.73. The Morgan fingerprint density at radius 2 is 2.00 bits per heavy atom. The van der Waals surface area contributed by atoms with E-state index < -0.39 is 0 Å². The van der Waals surface area contributed by atoms with Crippen LogP contribution in [0.3, 0.4) is 0 Å². The highest BCUT2D eigenvalue weighted by atomic mass is 16.2. The van der Waals surface area contributed by atoms with Gasteiger partial charge < -0.3 is 15.1 Å². The number of rotatable bonds is 4. The molecule has 1 unspecified atom stereocenters. The Labute approximate surface area is 122 Å². The molecule has 0 bridgehead atoms. The third-order valence-corrected chi connectivity index (χ3v) is 4.09. The summed E-state index contributed by atoms with van der Waals surface area (Å²) < 4.78 is 0. The Morgan fingerprint density at radius 1 is 1.30 bits per heavy atom. The van der Waals surface area contributed by atoms with Crippen molar-refractivity contribution in [1.29, 1.82) is 0 Å². The molecule has 5 heteroatoms. The van der Waals surface area contributed by atoms with E-state index in [2.05, 4.69) is 29.1 Å². The Bertz CT molecular complexity index is 374. The van der Waals surface area contributed by atoms with Gasteiger partial charge in [-0.2, -0.15) is 0 Å². The number of carbonyl (C=O) groups is 1. The maximum atomic E-state index is 11.7. The van der Waals surface area contributed by atoms with Crippen LogP contribution in [0.5, 0.6) is 0 Å². The molecular weight excluding hydrogens is 252 g/mol. The molecule has 1 heterocycles. The number of likely N-dealkylation sites (tertiary alicyclic amines) is 1. The zero-order valence-electron chi connectivity index (χ0n) is 13.2. The highest BCUT2D eigenvalue weighted by Gasteiger charge is 2.36. The highest BCUT2D eigenvalue weighted by molar-refractivity contribution is 5.85. The minimum absolute atomic E-state index is 0.0472. The van der Waals surface area contributed by atoms with Crippen molar-refractivity contribution in [3.63, 3.8) is 0 Å². The monoisotopic (exact) mass is 280 g/mol. The maximum absolute atomic E-state index is 11.7. The van der Waals surface area contributed by atoms with E-state index >= 15 is 0 Å². The first kappa shape index (κ1) is 15.1. The van der Waals surface area contributed by atoms with Gasteiger partial charge in [0.2, 0.25) is 5.91 Å². The van der Waals surface area contributed by atoms with Gasteiger partial charge in [0.25, 0.3) is 0 Å². The summed E-state index contributed by atoms with van der Waals surface area (Å²) in [4.78, 5) is 20.1. The molecule has 20 heavy (non-hydrogen) atoms. The van der Waals surface area contributed by atoms with Crippen LogP contribution < -0.4 is 5.32 Å². The number of nitrogens with zero attached hydrogens (tertiary/aromatic N) is 3. The molecule has 2 fully saturated rings. The fourth-order valence-corrected chi connectivity index (χ4v) is 2.71. The van der Waals surface area contributed by atoms with Gasteiger partial charge in [-0.15, -0.1) is 0 Å². The highest BCUT2D eigenvalue weighted by Crippen LogP contribution is 2.41. The Balaban J connectivity index is 1.95. The van der Waals surface area contributed by atoms with E-state index in [-0.39, 0.29) is 12.5 Å². The normalized spacial score (nSPS) is 23.4. The molecule has 1 amide bonds. The molecule has 114 valence electrons. The van der Waals surface area contributed by atoms with Crippen LogP contribution in [0.1, 0.15) is 33.1 Å². The number of likely N-dealkylation sites (N-methyl/N-ethyl adjacent to an activating group) is 1. The topological polar surface area (TPSA) is 47.9 Å². The van der Waals surface area contributed by atoms with Crippen molar-refractivity contribution in [1.82, 2.24) is 15.1 Å². The zero-order chi connectivity index (χ0) is 14.7. The third-order valence-electron chi connectivity index (χ3n) is 4.09. The SMILES string of the molecule is CC(C)NC(=NCC(=O)N(C)C)N1CCC(C2CC2)C1. The molecule has 1 saturated carbocycles. The number of hydrogen-bond acceptors (Lipinski definition) is 2. The van der Waals surface area contributed by atoms with Gasteiger partial charge in [-0.1, -0.05) is 0 Å². The summed E-state index contributed by atoms with van der Waals surface area (Å²) >= 11 is 0. The summed E-state index contributed by atoms with van der Waals surface area (Å²) in [6.07, 6.45) is 4.08. The molecule has 1 atom stereocenters. The van der Waals surface area contributed by atoms with Gasteiger partial charge in [-0.3, -0.25) is 4.79 Å². The second-order valence-electron chi connectivity index (χ2n) is 6.56. The predicted molar refractivity (Wildman–Crippen MR) is 81.7 cm³/mol. The summed E-state index contributed by atoms with van der Waals surface area (Å²) in [5.41, 5.74) is 0. The van der Waals surface area contributed by atoms with Gasteiger partial charge >= 0.3 is 0 Å². The van der Waals surface area contributed by atoms with Crippen molar-refractivity contribution in [2.75, 3.05) is 33.7 Å². The van der Waals surface area contributed by atoms with Crippen molar-refractivity contribution >= 4 is 11.9 Å². The standard InChI is InChI=1S/C15H28N4O/c1-11(2)17-15(16-9-14(20)18(3)4)19-8-7-13(10-19)12-5-6-12/h11-13H,5-10H2,1-4H3,(H,16,17). The van der Waals surface area contributed by atoms with Crippen molar-refractivity contribution in [2.24, 2.45) is 16.8 Å². The number of carbonyl (C=O) groups excluding carboxylic acids is 1. The van der Waals surface area contributed by atoms with E-state index in [9.17, 15) is 4.79 Å². The maximum Gasteiger partial charge on any atom is 0.243 e. The third kappa shape index (κ3) is 4.12. The molecule has 1 saturated heterocycles. The zero-order valence-corrected chi connectivity index (χ0v) is 13.2. The van der Waals surface area contributed by atoms with E-state index in [1.807, 2.05) is 0 Å². The number of guanidine groups is 1. The van der Waals surface area contributed by atoms with Gasteiger partial charge in [0.15, 0.2) is 5.96 Å². The smallest absolute Gasteiger partial charge is 0.243 e. The van der Waals surface area contributed by atoms with Crippen molar-refractivity contribution in [3.05, 3.63) is 0 Å². The molecule has 0 spiro atoms. The van der Waals surface area contributed by atoms with Gasteiger partial charge in [0.1, 0.15) is 6.54 Å². The molecule has 1 aliphatic carbocycles. The fraction of sp³-hybridized carbons (Fsp3) is 0.867. The molecule has 0 aromatic rings. The van der Waals surface area contributed by atoms with Crippen LogP contribution in [0.2, 0.25) is 0 Å². The molecule has 1 aliphatic heterocycles. The van der Waals surface area contributed by atoms with Crippen LogP contribution in [0, 0.1) is 11.8 Å². The van der Waals surface area contributed by atoms with Crippen LogP contribution in [-0.4, -0.2) is 61.4 Å². The summed E-state index contributed by atoms with van der Waals surface area (Å²) in [6, 6.07) is 0.336. The fourth-order valence-electron chi connectivity index (χ4n) is 2.71. The van der Waals surface area contributed by atoms with Gasteiger partial charge in [-0.05, 0) is 44.9 Å². The molecule has 0 radical (unpaired) electrons. The Morgan fingerprint density at radius 3 is 2.55 bits per heavy atom. The number of hydrogen-bond donors (Lipinski definition) is 1. The molecule has 5 nitrogen and oxygen atoms in total. The van der Waals surface area contributed by atoms with Crippen LogP contribution in [0.15, 0.2) is 4.99 Å². The van der Waals surface area contributed by atoms with Crippen LogP contribution in [0.4, 0.5) is 0 Å².